The molecule has 0 bridgehead atoms. The van der Waals surface area contributed by atoms with E-state index in [2.05, 4.69) is 32.6 Å². The van der Waals surface area contributed by atoms with Gasteiger partial charge >= 0.3 is 5.97 Å². The number of benzene rings is 1. The molecule has 2 aliphatic heterocycles. The van der Waals surface area contributed by atoms with Gasteiger partial charge in [-0.1, -0.05) is 13.8 Å². The summed E-state index contributed by atoms with van der Waals surface area (Å²) >= 11 is 0.709. The summed E-state index contributed by atoms with van der Waals surface area (Å²) in [6.45, 7) is 12.7. The largest absolute Gasteiger partial charge is 0.464 e. The van der Waals surface area contributed by atoms with Gasteiger partial charge in [0.1, 0.15) is 11.9 Å². The lowest BCUT2D eigenvalue weighted by atomic mass is 9.79. The van der Waals surface area contributed by atoms with E-state index in [0.717, 1.165) is 35.5 Å². The maximum Gasteiger partial charge on any atom is 0.329 e. The van der Waals surface area contributed by atoms with Gasteiger partial charge in [-0.15, -0.1) is 0 Å². The van der Waals surface area contributed by atoms with E-state index >= 15 is 4.39 Å². The summed E-state index contributed by atoms with van der Waals surface area (Å²) in [5, 5.41) is -0.565. The molecule has 2 unspecified atom stereocenters. The molecule has 8 heteroatoms. The number of carbonyl (C=O) groups excluding carboxylic acids is 3. The van der Waals surface area contributed by atoms with Crippen LogP contribution in [0.3, 0.4) is 0 Å². The number of thioether (sulfide) groups is 1. The molecular weight excluding hydrogens is 431 g/mol. The molecule has 2 aliphatic rings. The van der Waals surface area contributed by atoms with Crippen LogP contribution < -0.4 is 4.90 Å². The Labute approximate surface area is 193 Å². The van der Waals surface area contributed by atoms with Gasteiger partial charge in [-0.2, -0.15) is 0 Å². The van der Waals surface area contributed by atoms with Gasteiger partial charge in [0, 0.05) is 23.3 Å². The van der Waals surface area contributed by atoms with Crippen molar-refractivity contribution in [1.29, 1.82) is 0 Å². The third kappa shape index (κ3) is 4.42. The Morgan fingerprint density at radius 2 is 2.03 bits per heavy atom. The molecule has 0 radical (unpaired) electrons. The van der Waals surface area contributed by atoms with Gasteiger partial charge in [-0.05, 0) is 82.0 Å². The summed E-state index contributed by atoms with van der Waals surface area (Å²) in [6.07, 6.45) is 3.29. The zero-order valence-corrected chi connectivity index (χ0v) is 20.3. The summed E-state index contributed by atoms with van der Waals surface area (Å²) in [4.78, 5) is 40.5. The van der Waals surface area contributed by atoms with E-state index in [0.29, 0.717) is 11.8 Å². The zero-order chi connectivity index (χ0) is 23.8. The molecule has 0 aromatic heterocycles. The minimum absolute atomic E-state index is 0.0811. The molecule has 0 aliphatic carbocycles. The van der Waals surface area contributed by atoms with E-state index in [1.165, 1.54) is 13.0 Å². The highest BCUT2D eigenvalue weighted by atomic mass is 32.2. The third-order valence-electron chi connectivity index (χ3n) is 6.08. The number of anilines is 1. The van der Waals surface area contributed by atoms with E-state index in [-0.39, 0.29) is 28.5 Å². The van der Waals surface area contributed by atoms with Crippen LogP contribution in [-0.2, 0) is 14.3 Å². The van der Waals surface area contributed by atoms with Crippen molar-refractivity contribution in [3.63, 3.8) is 0 Å². The second-order valence-electron chi connectivity index (χ2n) is 8.98. The average molecular weight is 463 g/mol. The number of nitrogens with zero attached hydrogens (tertiary/aromatic N) is 2. The van der Waals surface area contributed by atoms with Gasteiger partial charge < -0.3 is 9.64 Å². The van der Waals surface area contributed by atoms with Crippen LogP contribution in [-0.4, -0.2) is 46.7 Å². The quantitative estimate of drug-likeness (QED) is 0.421. The van der Waals surface area contributed by atoms with Gasteiger partial charge in [0.25, 0.3) is 11.1 Å². The van der Waals surface area contributed by atoms with Crippen LogP contribution in [0.5, 0.6) is 0 Å². The Bertz CT molecular complexity index is 975. The molecule has 1 saturated heterocycles. The average Bonchev–Trinajstić information content (AvgIpc) is 2.98. The molecule has 174 valence electrons. The Kier molecular flexibility index (Phi) is 7.03. The summed E-state index contributed by atoms with van der Waals surface area (Å²) in [7, 11) is 0. The molecule has 1 aromatic carbocycles. The van der Waals surface area contributed by atoms with E-state index in [4.69, 9.17) is 4.74 Å². The second-order valence-corrected chi connectivity index (χ2v) is 9.97. The highest BCUT2D eigenvalue weighted by Gasteiger charge is 2.42. The number of rotatable bonds is 6. The monoisotopic (exact) mass is 462 g/mol. The van der Waals surface area contributed by atoms with Crippen molar-refractivity contribution in [2.45, 2.75) is 71.9 Å². The van der Waals surface area contributed by atoms with Crippen LogP contribution in [0.1, 0.15) is 71.4 Å². The molecule has 1 aromatic rings. The van der Waals surface area contributed by atoms with Crippen LogP contribution in [0.25, 0.3) is 6.08 Å². The predicted octanol–water partition coefficient (Wildman–Crippen LogP) is 5.32. The van der Waals surface area contributed by atoms with E-state index in [1.807, 2.05) is 0 Å². The first kappa shape index (κ1) is 24.3. The van der Waals surface area contributed by atoms with Gasteiger partial charge in [0.15, 0.2) is 0 Å². The Hall–Kier alpha value is -2.35. The number of imide groups is 1. The molecule has 2 heterocycles. The van der Waals surface area contributed by atoms with Crippen LogP contribution in [0.2, 0.25) is 0 Å². The summed E-state index contributed by atoms with van der Waals surface area (Å²) in [5.74, 6) is -1.48. The maximum absolute atomic E-state index is 15.2. The minimum Gasteiger partial charge on any atom is -0.464 e. The molecule has 6 nitrogen and oxygen atoms in total. The highest BCUT2D eigenvalue weighted by Crippen LogP contribution is 2.45. The molecule has 0 saturated carbocycles. The Morgan fingerprint density at radius 1 is 1.34 bits per heavy atom. The molecule has 1 fully saturated rings. The minimum atomic E-state index is -1.04. The first-order valence-electron chi connectivity index (χ1n) is 11.1. The summed E-state index contributed by atoms with van der Waals surface area (Å²) in [5.41, 5.74) is 2.10. The maximum atomic E-state index is 15.2. The highest BCUT2D eigenvalue weighted by molar-refractivity contribution is 8.18. The molecule has 2 atom stereocenters. The van der Waals surface area contributed by atoms with Crippen LogP contribution in [0, 0.1) is 5.82 Å². The Morgan fingerprint density at radius 3 is 2.66 bits per heavy atom. The predicted molar refractivity (Wildman–Crippen MR) is 125 cm³/mol. The van der Waals surface area contributed by atoms with Crippen molar-refractivity contribution in [2.24, 2.45) is 0 Å². The fraction of sp³-hybridized carbons (Fsp3) is 0.542. The molecule has 0 N–H and O–H groups in total. The van der Waals surface area contributed by atoms with Crippen molar-refractivity contribution in [2.75, 3.05) is 18.1 Å². The molecule has 2 amide bonds. The van der Waals surface area contributed by atoms with Crippen molar-refractivity contribution in [3.05, 3.63) is 34.0 Å². The molecular formula is C24H31FN2O4S. The van der Waals surface area contributed by atoms with E-state index in [9.17, 15) is 14.4 Å². The van der Waals surface area contributed by atoms with Gasteiger partial charge in [0.05, 0.1) is 11.5 Å². The van der Waals surface area contributed by atoms with E-state index in [1.54, 1.807) is 19.1 Å². The number of hydrogen-bond acceptors (Lipinski definition) is 6. The second kappa shape index (κ2) is 9.25. The SMILES string of the molecule is CCCN1c2cc(F)c(/C=C3\SC(=O)N(C(C)C(=O)OCC)C3=O)cc2C(C)CC1(C)C. The van der Waals surface area contributed by atoms with Crippen LogP contribution in [0.4, 0.5) is 14.9 Å². The Balaban J connectivity index is 1.97. The van der Waals surface area contributed by atoms with Gasteiger partial charge in [-0.25, -0.2) is 9.18 Å². The summed E-state index contributed by atoms with van der Waals surface area (Å²) < 4.78 is 20.1. The molecule has 0 spiro atoms. The van der Waals surface area contributed by atoms with Crippen molar-refractivity contribution in [3.8, 4) is 0 Å². The topological polar surface area (TPSA) is 66.9 Å². The molecule has 3 rings (SSSR count). The number of fused-ring (bicyclic) bond motifs is 1. The first-order valence-corrected chi connectivity index (χ1v) is 11.9. The lowest BCUT2D eigenvalue weighted by molar-refractivity contribution is -0.150. The number of esters is 1. The fourth-order valence-electron chi connectivity index (χ4n) is 4.60. The van der Waals surface area contributed by atoms with Crippen molar-refractivity contribution >= 4 is 40.6 Å². The number of hydrogen-bond donors (Lipinski definition) is 0. The number of ether oxygens (including phenoxy) is 1. The number of carbonyl (C=O) groups is 3. The molecule has 32 heavy (non-hydrogen) atoms. The number of amides is 2. The lowest BCUT2D eigenvalue weighted by Gasteiger charge is -2.47. The smallest absolute Gasteiger partial charge is 0.329 e. The number of halogens is 1. The summed E-state index contributed by atoms with van der Waals surface area (Å²) in [6, 6.07) is 2.29. The normalized spacial score (nSPS) is 22.3. The first-order chi connectivity index (χ1) is 15.0. The van der Waals surface area contributed by atoms with Crippen LogP contribution >= 0.6 is 11.8 Å². The standard InChI is InChI=1S/C24H31FN2O4S/c1-7-9-26-19-12-18(25)16(10-17(19)14(3)13-24(26,5)6)11-20-21(28)27(23(30)32-20)15(4)22(29)31-8-2/h10-12,14-15H,7-9,13H2,1-6H3/b20-11-. The fourth-order valence-corrected chi connectivity index (χ4v) is 5.50. The lowest BCUT2D eigenvalue weighted by Crippen LogP contribution is -2.48. The zero-order valence-electron chi connectivity index (χ0n) is 19.5. The van der Waals surface area contributed by atoms with Gasteiger partial charge in [0.2, 0.25) is 0 Å². The van der Waals surface area contributed by atoms with Crippen molar-refractivity contribution < 1.29 is 23.5 Å². The van der Waals surface area contributed by atoms with Crippen molar-refractivity contribution in [1.82, 2.24) is 4.90 Å². The van der Waals surface area contributed by atoms with Crippen LogP contribution in [0.15, 0.2) is 17.0 Å². The van der Waals surface area contributed by atoms with E-state index < -0.39 is 29.0 Å². The third-order valence-corrected chi connectivity index (χ3v) is 6.96. The van der Waals surface area contributed by atoms with Gasteiger partial charge in [-0.3, -0.25) is 14.5 Å².